The van der Waals surface area contributed by atoms with Crippen LogP contribution in [-0.4, -0.2) is 24.9 Å². The van der Waals surface area contributed by atoms with Crippen LogP contribution in [0.3, 0.4) is 0 Å². The van der Waals surface area contributed by atoms with E-state index in [4.69, 9.17) is 21.1 Å². The SMILES string of the molecule is CCOC(=O)C1(c2ccc(-c3ccc(-c4sc(Cl)cc4NO)cc3OC)cc2)CC1. The molecule has 1 saturated carbocycles. The summed E-state index contributed by atoms with van der Waals surface area (Å²) in [5.74, 6) is 0.572. The van der Waals surface area contributed by atoms with Crippen molar-refractivity contribution < 1.29 is 19.5 Å². The number of nitrogens with one attached hydrogen (secondary N) is 1. The highest BCUT2D eigenvalue weighted by Crippen LogP contribution is 2.50. The van der Waals surface area contributed by atoms with Crippen molar-refractivity contribution in [2.45, 2.75) is 25.2 Å². The third-order valence-electron chi connectivity index (χ3n) is 5.45. The molecule has 4 rings (SSSR count). The maximum absolute atomic E-state index is 12.3. The van der Waals surface area contributed by atoms with Crippen molar-refractivity contribution in [2.24, 2.45) is 0 Å². The molecule has 30 heavy (non-hydrogen) atoms. The topological polar surface area (TPSA) is 67.8 Å². The van der Waals surface area contributed by atoms with Crippen LogP contribution in [0, 0.1) is 0 Å². The Labute approximate surface area is 184 Å². The number of benzene rings is 2. The van der Waals surface area contributed by atoms with E-state index in [1.165, 1.54) is 11.3 Å². The maximum Gasteiger partial charge on any atom is 0.316 e. The number of carbonyl (C=O) groups excluding carboxylic acids is 1. The molecule has 1 aliphatic carbocycles. The van der Waals surface area contributed by atoms with Crippen molar-refractivity contribution in [2.75, 3.05) is 19.2 Å². The third kappa shape index (κ3) is 3.67. The molecule has 0 unspecified atom stereocenters. The van der Waals surface area contributed by atoms with E-state index in [1.807, 2.05) is 49.4 Å². The molecule has 7 heteroatoms. The van der Waals surface area contributed by atoms with Crippen molar-refractivity contribution >= 4 is 34.6 Å². The zero-order valence-electron chi connectivity index (χ0n) is 16.7. The second-order valence-corrected chi connectivity index (χ2v) is 8.88. The Morgan fingerprint density at radius 3 is 2.47 bits per heavy atom. The van der Waals surface area contributed by atoms with Gasteiger partial charge >= 0.3 is 5.97 Å². The third-order valence-corrected chi connectivity index (χ3v) is 6.76. The normalized spacial score (nSPS) is 14.3. The molecule has 3 aromatic rings. The highest BCUT2D eigenvalue weighted by Gasteiger charge is 2.52. The fourth-order valence-electron chi connectivity index (χ4n) is 3.70. The molecule has 0 spiro atoms. The quantitative estimate of drug-likeness (QED) is 0.339. The summed E-state index contributed by atoms with van der Waals surface area (Å²) in [7, 11) is 1.63. The Bertz CT molecular complexity index is 1070. The van der Waals surface area contributed by atoms with Crippen molar-refractivity contribution in [1.82, 2.24) is 0 Å². The lowest BCUT2D eigenvalue weighted by molar-refractivity contribution is -0.146. The molecule has 0 aliphatic heterocycles. The Morgan fingerprint density at radius 2 is 1.87 bits per heavy atom. The van der Waals surface area contributed by atoms with Gasteiger partial charge in [-0.15, -0.1) is 11.3 Å². The van der Waals surface area contributed by atoms with E-state index in [0.717, 1.165) is 40.0 Å². The number of methoxy groups -OCH3 is 1. The number of carbonyl (C=O) groups is 1. The van der Waals surface area contributed by atoms with Crippen LogP contribution in [0.1, 0.15) is 25.3 Å². The Hall–Kier alpha value is -2.54. The Morgan fingerprint density at radius 1 is 1.17 bits per heavy atom. The van der Waals surface area contributed by atoms with Crippen LogP contribution >= 0.6 is 22.9 Å². The monoisotopic (exact) mass is 443 g/mol. The molecule has 1 aliphatic rings. The molecular weight excluding hydrogens is 422 g/mol. The summed E-state index contributed by atoms with van der Waals surface area (Å²) in [6, 6.07) is 15.6. The minimum Gasteiger partial charge on any atom is -0.496 e. The molecule has 5 nitrogen and oxygen atoms in total. The summed E-state index contributed by atoms with van der Waals surface area (Å²) in [6.45, 7) is 2.22. The molecule has 1 heterocycles. The van der Waals surface area contributed by atoms with Crippen molar-refractivity contribution in [3.63, 3.8) is 0 Å². The van der Waals surface area contributed by atoms with Gasteiger partial charge in [0, 0.05) is 5.56 Å². The van der Waals surface area contributed by atoms with E-state index in [1.54, 1.807) is 13.2 Å². The van der Waals surface area contributed by atoms with Gasteiger partial charge in [-0.1, -0.05) is 48.0 Å². The molecule has 0 atom stereocenters. The fourth-order valence-corrected chi connectivity index (χ4v) is 4.87. The molecule has 156 valence electrons. The summed E-state index contributed by atoms with van der Waals surface area (Å²) in [4.78, 5) is 13.2. The van der Waals surface area contributed by atoms with Crippen LogP contribution in [0.15, 0.2) is 48.5 Å². The molecule has 0 amide bonds. The average Bonchev–Trinajstić information content (AvgIpc) is 3.50. The van der Waals surface area contributed by atoms with E-state index in [2.05, 4.69) is 5.48 Å². The lowest BCUT2D eigenvalue weighted by Gasteiger charge is -2.16. The predicted octanol–water partition coefficient (Wildman–Crippen LogP) is 6.14. The van der Waals surface area contributed by atoms with Gasteiger partial charge in [-0.25, -0.2) is 0 Å². The van der Waals surface area contributed by atoms with E-state index < -0.39 is 5.41 Å². The molecule has 0 bridgehead atoms. The number of hydrogen-bond acceptors (Lipinski definition) is 6. The number of esters is 1. The molecule has 1 aromatic heterocycles. The number of rotatable bonds is 7. The fraction of sp³-hybridized carbons (Fsp3) is 0.261. The summed E-state index contributed by atoms with van der Waals surface area (Å²) in [6.07, 6.45) is 1.65. The van der Waals surface area contributed by atoms with E-state index in [0.29, 0.717) is 22.4 Å². The summed E-state index contributed by atoms with van der Waals surface area (Å²) in [5.41, 5.74) is 6.08. The maximum atomic E-state index is 12.3. The smallest absolute Gasteiger partial charge is 0.316 e. The first kappa shape index (κ1) is 20.7. The zero-order valence-corrected chi connectivity index (χ0v) is 18.3. The largest absolute Gasteiger partial charge is 0.496 e. The number of ether oxygens (including phenoxy) is 2. The van der Waals surface area contributed by atoms with Gasteiger partial charge in [0.05, 0.1) is 34.0 Å². The molecule has 0 saturated heterocycles. The van der Waals surface area contributed by atoms with Crippen LogP contribution in [0.4, 0.5) is 5.69 Å². The molecule has 2 N–H and O–H groups in total. The van der Waals surface area contributed by atoms with E-state index >= 15 is 0 Å². The summed E-state index contributed by atoms with van der Waals surface area (Å²) >= 11 is 7.47. The van der Waals surface area contributed by atoms with Gasteiger partial charge in [-0.05, 0) is 48.6 Å². The van der Waals surface area contributed by atoms with Gasteiger partial charge in [0.15, 0.2) is 0 Å². The Kier molecular flexibility index (Phi) is 5.73. The highest BCUT2D eigenvalue weighted by molar-refractivity contribution is 7.20. The average molecular weight is 444 g/mol. The van der Waals surface area contributed by atoms with Crippen molar-refractivity contribution in [1.29, 1.82) is 0 Å². The first-order chi connectivity index (χ1) is 14.5. The second kappa shape index (κ2) is 8.30. The second-order valence-electron chi connectivity index (χ2n) is 7.20. The molecule has 2 aromatic carbocycles. The first-order valence-electron chi connectivity index (χ1n) is 9.68. The van der Waals surface area contributed by atoms with Gasteiger partial charge in [0.1, 0.15) is 5.75 Å². The van der Waals surface area contributed by atoms with E-state index in [9.17, 15) is 10.0 Å². The standard InChI is InChI=1S/C23H22ClNO4S/c1-3-29-22(26)23(10-11-23)16-7-4-14(5-8-16)17-9-6-15(12-19(17)28-2)21-18(25-27)13-20(24)30-21/h4-9,12-13,25,27H,3,10-11H2,1-2H3. The van der Waals surface area contributed by atoms with Crippen LogP contribution in [0.5, 0.6) is 5.75 Å². The number of thiophene rings is 1. The van der Waals surface area contributed by atoms with Crippen LogP contribution in [-0.2, 0) is 14.9 Å². The molecular formula is C23H22ClNO4S. The van der Waals surface area contributed by atoms with Crippen LogP contribution in [0.2, 0.25) is 4.34 Å². The van der Waals surface area contributed by atoms with Gasteiger partial charge in [0.2, 0.25) is 0 Å². The van der Waals surface area contributed by atoms with Gasteiger partial charge in [0.25, 0.3) is 0 Å². The van der Waals surface area contributed by atoms with Crippen molar-refractivity contribution in [3.05, 3.63) is 58.4 Å². The van der Waals surface area contributed by atoms with Crippen molar-refractivity contribution in [3.8, 4) is 27.3 Å². The summed E-state index contributed by atoms with van der Waals surface area (Å²) < 4.78 is 11.5. The van der Waals surface area contributed by atoms with E-state index in [-0.39, 0.29) is 5.97 Å². The lowest BCUT2D eigenvalue weighted by Crippen LogP contribution is -2.23. The van der Waals surface area contributed by atoms with Gasteiger partial charge in [-0.2, -0.15) is 0 Å². The predicted molar refractivity (Wildman–Crippen MR) is 120 cm³/mol. The number of anilines is 1. The Balaban J connectivity index is 1.65. The zero-order chi connectivity index (χ0) is 21.3. The van der Waals surface area contributed by atoms with Gasteiger partial charge in [-0.3, -0.25) is 15.5 Å². The van der Waals surface area contributed by atoms with Crippen LogP contribution in [0.25, 0.3) is 21.6 Å². The minimum absolute atomic E-state index is 0.136. The molecule has 1 fully saturated rings. The van der Waals surface area contributed by atoms with Gasteiger partial charge < -0.3 is 9.47 Å². The lowest BCUT2D eigenvalue weighted by atomic mass is 9.93. The highest BCUT2D eigenvalue weighted by atomic mass is 35.5. The molecule has 0 radical (unpaired) electrons. The first-order valence-corrected chi connectivity index (χ1v) is 10.9. The summed E-state index contributed by atoms with van der Waals surface area (Å²) in [5, 5.41) is 9.36. The minimum atomic E-state index is -0.478. The number of halogens is 1. The number of hydrogen-bond donors (Lipinski definition) is 2. The van der Waals surface area contributed by atoms with Crippen LogP contribution < -0.4 is 10.2 Å².